The molecule has 1 aromatic carbocycles. The van der Waals surface area contributed by atoms with E-state index < -0.39 is 0 Å². The van der Waals surface area contributed by atoms with Crippen LogP contribution in [-0.4, -0.2) is 41.6 Å². The molecule has 0 saturated heterocycles. The second-order valence-electron chi connectivity index (χ2n) is 5.54. The lowest BCUT2D eigenvalue weighted by Gasteiger charge is -2.21. The summed E-state index contributed by atoms with van der Waals surface area (Å²) in [7, 11) is 4.02. The summed E-state index contributed by atoms with van der Waals surface area (Å²) in [6, 6.07) is 9.84. The minimum absolute atomic E-state index is 0.0795. The molecule has 1 aromatic heterocycles. The minimum Gasteiger partial charge on any atom is -0.344 e. The minimum atomic E-state index is -0.262. The number of carbonyl (C=O) groups is 1. The number of aryl methyl sites for hydroxylation is 1. The molecule has 2 N–H and O–H groups in total. The number of amides is 1. The fourth-order valence-electron chi connectivity index (χ4n) is 2.19. The van der Waals surface area contributed by atoms with Crippen LogP contribution in [0.15, 0.2) is 30.3 Å². The average Bonchev–Trinajstić information content (AvgIpc) is 2.84. The van der Waals surface area contributed by atoms with E-state index in [0.29, 0.717) is 10.7 Å². The van der Waals surface area contributed by atoms with E-state index in [-0.39, 0.29) is 17.6 Å². The van der Waals surface area contributed by atoms with Crippen LogP contribution >= 0.6 is 11.6 Å². The first-order valence-electron chi connectivity index (χ1n) is 7.20. The highest BCUT2D eigenvalue weighted by Gasteiger charge is 2.20. The molecule has 0 aliphatic rings. The Labute approximate surface area is 135 Å². The Hall–Kier alpha value is -1.85. The Kier molecular flexibility index (Phi) is 5.57. The number of aromatic nitrogens is 2. The summed E-state index contributed by atoms with van der Waals surface area (Å²) in [6.07, 6.45) is 0.809. The number of nitrogens with one attached hydrogen (secondary N) is 2. The first-order valence-corrected chi connectivity index (χ1v) is 7.58. The van der Waals surface area contributed by atoms with Gasteiger partial charge in [-0.25, -0.2) is 0 Å². The van der Waals surface area contributed by atoms with Gasteiger partial charge in [0.05, 0.1) is 16.8 Å². The number of hydrogen-bond donors (Lipinski definition) is 2. The molecule has 1 atom stereocenters. The molecule has 5 nitrogen and oxygen atoms in total. The summed E-state index contributed by atoms with van der Waals surface area (Å²) in [5.74, 6) is -0.262. The van der Waals surface area contributed by atoms with Gasteiger partial charge in [-0.3, -0.25) is 9.89 Å². The fraction of sp³-hybridized carbons (Fsp3) is 0.375. The molecule has 6 heteroatoms. The lowest BCUT2D eigenvalue weighted by molar-refractivity contribution is 0.0928. The molecule has 2 aromatic rings. The molecule has 0 aliphatic heterocycles. The van der Waals surface area contributed by atoms with E-state index >= 15 is 0 Å². The Morgan fingerprint density at radius 2 is 2.05 bits per heavy atom. The van der Waals surface area contributed by atoms with Crippen LogP contribution in [0.2, 0.25) is 5.02 Å². The SMILES string of the molecule is Cc1[nH]nc(C(=O)N[C@@H](CCN(C)C)c2ccccc2)c1Cl. The molecule has 118 valence electrons. The zero-order valence-corrected chi connectivity index (χ0v) is 13.8. The summed E-state index contributed by atoms with van der Waals surface area (Å²) in [6.45, 7) is 2.65. The molecule has 0 spiro atoms. The molecular weight excluding hydrogens is 300 g/mol. The normalized spacial score (nSPS) is 12.4. The van der Waals surface area contributed by atoms with Crippen molar-refractivity contribution in [1.82, 2.24) is 20.4 Å². The molecule has 0 fully saturated rings. The molecule has 22 heavy (non-hydrogen) atoms. The lowest BCUT2D eigenvalue weighted by atomic mass is 10.0. The molecule has 0 aliphatic carbocycles. The van der Waals surface area contributed by atoms with Crippen LogP contribution in [0, 0.1) is 6.92 Å². The van der Waals surface area contributed by atoms with Gasteiger partial charge in [0.1, 0.15) is 0 Å². The zero-order chi connectivity index (χ0) is 16.1. The maximum Gasteiger partial charge on any atom is 0.273 e. The average molecular weight is 321 g/mol. The zero-order valence-electron chi connectivity index (χ0n) is 13.1. The standard InChI is InChI=1S/C16H21ClN4O/c1-11-14(17)15(20-19-11)16(22)18-13(9-10-21(2)3)12-7-5-4-6-8-12/h4-8,13H,9-10H2,1-3H3,(H,18,22)(H,19,20)/t13-/m0/s1. The maximum atomic E-state index is 12.4. The monoisotopic (exact) mass is 320 g/mol. The highest BCUT2D eigenvalue weighted by Crippen LogP contribution is 2.21. The smallest absolute Gasteiger partial charge is 0.273 e. The van der Waals surface area contributed by atoms with Gasteiger partial charge in [0.25, 0.3) is 5.91 Å². The molecule has 0 bridgehead atoms. The van der Waals surface area contributed by atoms with E-state index in [9.17, 15) is 4.79 Å². The number of H-pyrrole nitrogens is 1. The van der Waals surface area contributed by atoms with E-state index in [1.165, 1.54) is 0 Å². The van der Waals surface area contributed by atoms with Crippen molar-refractivity contribution in [2.45, 2.75) is 19.4 Å². The van der Waals surface area contributed by atoms with Crippen LogP contribution in [0.3, 0.4) is 0 Å². The van der Waals surface area contributed by atoms with Crippen molar-refractivity contribution in [1.29, 1.82) is 0 Å². The van der Waals surface area contributed by atoms with Gasteiger partial charge >= 0.3 is 0 Å². The molecular formula is C16H21ClN4O. The summed E-state index contributed by atoms with van der Waals surface area (Å²) in [5.41, 5.74) is 2.00. The quantitative estimate of drug-likeness (QED) is 0.860. The van der Waals surface area contributed by atoms with Crippen LogP contribution in [0.25, 0.3) is 0 Å². The predicted octanol–water partition coefficient (Wildman–Crippen LogP) is 2.79. The molecule has 0 radical (unpaired) electrons. The molecule has 1 amide bonds. The van der Waals surface area contributed by atoms with Crippen molar-refractivity contribution in [3.05, 3.63) is 52.3 Å². The van der Waals surface area contributed by atoms with Crippen LogP contribution in [0.1, 0.15) is 34.2 Å². The predicted molar refractivity (Wildman–Crippen MR) is 88.2 cm³/mol. The van der Waals surface area contributed by atoms with Gasteiger partial charge in [0, 0.05) is 0 Å². The number of hydrogen-bond acceptors (Lipinski definition) is 3. The Balaban J connectivity index is 2.15. The second kappa shape index (κ2) is 7.42. The van der Waals surface area contributed by atoms with Gasteiger partial charge in [0.15, 0.2) is 5.69 Å². The van der Waals surface area contributed by atoms with Gasteiger partial charge in [0.2, 0.25) is 0 Å². The van der Waals surface area contributed by atoms with Crippen LogP contribution in [0.4, 0.5) is 0 Å². The van der Waals surface area contributed by atoms with Crippen molar-refractivity contribution in [2.24, 2.45) is 0 Å². The van der Waals surface area contributed by atoms with Gasteiger partial charge in [-0.05, 0) is 39.5 Å². The maximum absolute atomic E-state index is 12.4. The Bertz CT molecular complexity index is 624. The first kappa shape index (κ1) is 16.5. The number of nitrogens with zero attached hydrogens (tertiary/aromatic N) is 2. The van der Waals surface area contributed by atoms with E-state index in [2.05, 4.69) is 20.4 Å². The number of halogens is 1. The van der Waals surface area contributed by atoms with Crippen LogP contribution in [0.5, 0.6) is 0 Å². The Morgan fingerprint density at radius 1 is 1.36 bits per heavy atom. The summed E-state index contributed by atoms with van der Waals surface area (Å²) in [4.78, 5) is 14.5. The third kappa shape index (κ3) is 4.08. The fourth-order valence-corrected chi connectivity index (χ4v) is 2.36. The van der Waals surface area contributed by atoms with Crippen molar-refractivity contribution >= 4 is 17.5 Å². The molecule has 0 unspecified atom stereocenters. The number of aromatic amines is 1. The van der Waals surface area contributed by atoms with Gasteiger partial charge in [-0.1, -0.05) is 41.9 Å². The summed E-state index contributed by atoms with van der Waals surface area (Å²) >= 11 is 6.10. The number of benzene rings is 1. The van der Waals surface area contributed by atoms with E-state index in [4.69, 9.17) is 11.6 Å². The largest absolute Gasteiger partial charge is 0.344 e. The summed E-state index contributed by atoms with van der Waals surface area (Å²) in [5, 5.41) is 10.1. The topological polar surface area (TPSA) is 61.0 Å². The third-order valence-corrected chi connectivity index (χ3v) is 3.92. The highest BCUT2D eigenvalue weighted by molar-refractivity contribution is 6.34. The van der Waals surface area contributed by atoms with E-state index in [1.807, 2.05) is 44.4 Å². The summed E-state index contributed by atoms with van der Waals surface area (Å²) < 4.78 is 0. The second-order valence-corrected chi connectivity index (χ2v) is 5.92. The molecule has 0 saturated carbocycles. The lowest BCUT2D eigenvalue weighted by Crippen LogP contribution is -2.31. The number of carbonyl (C=O) groups excluding carboxylic acids is 1. The van der Waals surface area contributed by atoms with Crippen molar-refractivity contribution in [2.75, 3.05) is 20.6 Å². The molecule has 2 rings (SSSR count). The van der Waals surface area contributed by atoms with Crippen molar-refractivity contribution in [3.8, 4) is 0 Å². The van der Waals surface area contributed by atoms with Crippen molar-refractivity contribution < 1.29 is 4.79 Å². The third-order valence-electron chi connectivity index (χ3n) is 3.46. The number of rotatable bonds is 6. The molecule has 1 heterocycles. The van der Waals surface area contributed by atoms with E-state index in [1.54, 1.807) is 6.92 Å². The van der Waals surface area contributed by atoms with Gasteiger partial charge in [-0.2, -0.15) is 5.10 Å². The van der Waals surface area contributed by atoms with Gasteiger partial charge in [-0.15, -0.1) is 0 Å². The Morgan fingerprint density at radius 3 is 2.59 bits per heavy atom. The van der Waals surface area contributed by atoms with Crippen LogP contribution < -0.4 is 5.32 Å². The first-order chi connectivity index (χ1) is 10.5. The van der Waals surface area contributed by atoms with Gasteiger partial charge < -0.3 is 10.2 Å². The van der Waals surface area contributed by atoms with Crippen LogP contribution in [-0.2, 0) is 0 Å². The highest BCUT2D eigenvalue weighted by atomic mass is 35.5. The van der Waals surface area contributed by atoms with E-state index in [0.717, 1.165) is 18.5 Å². The van der Waals surface area contributed by atoms with Crippen molar-refractivity contribution in [3.63, 3.8) is 0 Å².